The molecule has 0 radical (unpaired) electrons. The Morgan fingerprint density at radius 1 is 0.817 bits per heavy atom. The van der Waals surface area contributed by atoms with Crippen molar-refractivity contribution in [3.05, 3.63) is 161 Å². The molecule has 0 saturated carbocycles. The Kier molecular flexibility index (Phi) is 7.13. The minimum atomic E-state index is -2.74. The molecule has 0 N–H and O–H groups in total. The van der Waals surface area contributed by atoms with Gasteiger partial charge in [-0.05, 0) is 0 Å². The molecule has 6 heterocycles. The van der Waals surface area contributed by atoms with Crippen LogP contribution in [0.2, 0.25) is 17.3 Å². The molecule has 0 fully saturated rings. The van der Waals surface area contributed by atoms with E-state index in [0.29, 0.717) is 5.56 Å². The molecule has 296 valence electrons. The number of aromatic nitrogens is 4. The molecule has 0 saturated heterocycles. The van der Waals surface area contributed by atoms with Crippen LogP contribution in [0.5, 0.6) is 0 Å². The van der Waals surface area contributed by atoms with Gasteiger partial charge in [-0.25, -0.2) is 0 Å². The van der Waals surface area contributed by atoms with Gasteiger partial charge in [-0.2, -0.15) is 0 Å². The summed E-state index contributed by atoms with van der Waals surface area (Å²) in [5.74, 6) is 7.40. The molecule has 1 unspecified atom stereocenters. The van der Waals surface area contributed by atoms with Crippen molar-refractivity contribution in [1.29, 1.82) is 0 Å². The topological polar surface area (TPSA) is 25.6 Å². The molecule has 60 heavy (non-hydrogen) atoms. The fourth-order valence-corrected chi connectivity index (χ4v) is 14.9. The number of benzene rings is 5. The number of fused-ring (bicyclic) bond motifs is 16. The Labute approximate surface area is 365 Å². The number of hydrogen-bond donors (Lipinski definition) is 0. The average Bonchev–Trinajstić information content (AvgIpc) is 3.94. The SMILES string of the molecule is [2H]C([2H])([2H])c1ccc2c(c1)C1(c3ccc4c(sc5nc(C)ccc54)c3-c3n(-c4ccc(C(C)(C)C)cc4-c4ccccc4)c4ccccc4[n+]31)[n+]1c[c]([Ge]([CH3])([CH3])[CH3])c(C([2H])(C)C)cc1-2. The Hall–Kier alpha value is -5.37. The fourth-order valence-electron chi connectivity index (χ4n) is 10.2. The Balaban J connectivity index is 1.40. The van der Waals surface area contributed by atoms with Crippen molar-refractivity contribution in [2.45, 2.75) is 82.6 Å². The molecule has 1 atom stereocenters. The van der Waals surface area contributed by atoms with Crippen molar-refractivity contribution in [2.24, 2.45) is 0 Å². The summed E-state index contributed by atoms with van der Waals surface area (Å²) in [6, 6.07) is 43.3. The Morgan fingerprint density at radius 2 is 1.58 bits per heavy atom. The molecule has 4 aromatic heterocycles. The van der Waals surface area contributed by atoms with Gasteiger partial charge in [0.25, 0.3) is 0 Å². The number of pyridine rings is 2. The third-order valence-corrected chi connectivity index (χ3v) is 18.4. The first-order chi connectivity index (χ1) is 30.2. The quantitative estimate of drug-likeness (QED) is 0.128. The van der Waals surface area contributed by atoms with Crippen LogP contribution >= 0.6 is 11.3 Å². The Bertz CT molecular complexity index is 3460. The molecule has 1 spiro atoms. The molecule has 4 nitrogen and oxygen atoms in total. The van der Waals surface area contributed by atoms with Crippen molar-refractivity contribution < 1.29 is 14.6 Å². The summed E-state index contributed by atoms with van der Waals surface area (Å²) in [5, 5.41) is 2.27. The third-order valence-electron chi connectivity index (χ3n) is 13.0. The van der Waals surface area contributed by atoms with E-state index in [1.807, 2.05) is 26.0 Å². The van der Waals surface area contributed by atoms with E-state index < -0.39 is 31.7 Å². The van der Waals surface area contributed by atoms with Gasteiger partial charge in [0.2, 0.25) is 0 Å². The van der Waals surface area contributed by atoms with E-state index in [2.05, 4.69) is 168 Å². The molecule has 6 heteroatoms. The van der Waals surface area contributed by atoms with Gasteiger partial charge in [-0.1, -0.05) is 26.8 Å². The minimum absolute atomic E-state index is 0.0847. The normalized spacial score (nSPS) is 17.1. The first kappa shape index (κ1) is 33.4. The summed E-state index contributed by atoms with van der Waals surface area (Å²) in [6.45, 7) is 10.5. The number of imidazole rings is 1. The van der Waals surface area contributed by atoms with Crippen molar-refractivity contribution in [1.82, 2.24) is 9.55 Å². The molecule has 0 aliphatic carbocycles. The van der Waals surface area contributed by atoms with Crippen molar-refractivity contribution in [2.75, 3.05) is 0 Å². The number of thiophene rings is 1. The van der Waals surface area contributed by atoms with E-state index in [0.717, 1.165) is 93.2 Å². The van der Waals surface area contributed by atoms with E-state index >= 15 is 0 Å². The van der Waals surface area contributed by atoms with Crippen molar-refractivity contribution in [3.63, 3.8) is 0 Å². The number of aryl methyl sites for hydroxylation is 2. The van der Waals surface area contributed by atoms with Gasteiger partial charge in [0, 0.05) is 0 Å². The van der Waals surface area contributed by atoms with E-state index in [-0.39, 0.29) is 5.41 Å². The summed E-state index contributed by atoms with van der Waals surface area (Å²) in [6.07, 6.45) is 2.38. The van der Waals surface area contributed by atoms with Crippen molar-refractivity contribution in [3.8, 4) is 39.5 Å². The summed E-state index contributed by atoms with van der Waals surface area (Å²) in [5.41, 5.74) is 12.9. The maximum atomic E-state index is 9.53. The maximum absolute atomic E-state index is 9.53. The second-order valence-corrected chi connectivity index (χ2v) is 30.7. The molecular formula is C54H52GeN4S+2. The first-order valence-electron chi connectivity index (χ1n) is 23.1. The van der Waals surface area contributed by atoms with Gasteiger partial charge in [0.15, 0.2) is 0 Å². The second-order valence-electron chi connectivity index (χ2n) is 19.1. The van der Waals surface area contributed by atoms with Gasteiger partial charge in [0.05, 0.1) is 0 Å². The van der Waals surface area contributed by atoms with Crippen LogP contribution in [0.1, 0.15) is 79.5 Å². The van der Waals surface area contributed by atoms with Crippen LogP contribution in [0.15, 0.2) is 128 Å². The van der Waals surface area contributed by atoms with E-state index in [1.54, 1.807) is 17.4 Å². The second kappa shape index (κ2) is 12.8. The molecule has 0 bridgehead atoms. The van der Waals surface area contributed by atoms with Gasteiger partial charge in [-0.15, -0.1) is 0 Å². The van der Waals surface area contributed by atoms with Crippen LogP contribution in [-0.4, -0.2) is 22.8 Å². The zero-order valence-electron chi connectivity index (χ0n) is 39.8. The van der Waals surface area contributed by atoms with Crippen LogP contribution in [0.3, 0.4) is 0 Å². The van der Waals surface area contributed by atoms with E-state index in [4.69, 9.17) is 9.10 Å². The average molecular weight is 866 g/mol. The molecule has 5 aromatic carbocycles. The van der Waals surface area contributed by atoms with Crippen LogP contribution in [0.4, 0.5) is 0 Å². The van der Waals surface area contributed by atoms with E-state index in [1.165, 1.54) is 9.96 Å². The zero-order chi connectivity index (χ0) is 45.0. The molecule has 2 aliphatic rings. The summed E-state index contributed by atoms with van der Waals surface area (Å²) < 4.78 is 45.7. The number of rotatable bonds is 4. The molecular weight excluding hydrogens is 809 g/mol. The van der Waals surface area contributed by atoms with Gasteiger partial charge >= 0.3 is 341 Å². The summed E-state index contributed by atoms with van der Waals surface area (Å²) in [4.78, 5) is 6.09. The molecule has 0 amide bonds. The fraction of sp³-hybridized carbons (Fsp3) is 0.241. The molecule has 2 aliphatic heterocycles. The summed E-state index contributed by atoms with van der Waals surface area (Å²) in [7, 11) is 0. The van der Waals surface area contributed by atoms with Crippen LogP contribution < -0.4 is 13.5 Å². The molecule has 11 rings (SSSR count). The van der Waals surface area contributed by atoms with Gasteiger partial charge < -0.3 is 0 Å². The zero-order valence-corrected chi connectivity index (χ0v) is 38.7. The molecule has 9 aromatic rings. The number of nitrogens with zero attached hydrogens (tertiary/aromatic N) is 4. The number of para-hydroxylation sites is 2. The van der Waals surface area contributed by atoms with Gasteiger partial charge in [0.1, 0.15) is 0 Å². The Morgan fingerprint density at radius 3 is 2.33 bits per heavy atom. The van der Waals surface area contributed by atoms with Crippen molar-refractivity contribution >= 4 is 60.3 Å². The predicted molar refractivity (Wildman–Crippen MR) is 254 cm³/mol. The number of hydrogen-bond acceptors (Lipinski definition) is 2. The predicted octanol–water partition coefficient (Wildman–Crippen LogP) is 12.5. The van der Waals surface area contributed by atoms with Gasteiger partial charge in [-0.3, -0.25) is 0 Å². The summed E-state index contributed by atoms with van der Waals surface area (Å²) >= 11 is -1.00. The standard InChI is InChI=1S/C54H52GeN4S/c1-32(2)40-30-48-39-23-20-33(3)28-43(39)54(57(48)31-44(40)55(8,9)10)42-26-25-37-38-24-21-34(4)56-51(38)60-50(37)49(42)52-58(46-18-14-15-19-47(46)59(52)54)45-27-22-36(53(5,6)7)29-41(45)35-16-12-11-13-17-35/h11-32H,1-10H3/q+2/i3D3,32D. The van der Waals surface area contributed by atoms with E-state index in [9.17, 15) is 1.37 Å². The third kappa shape index (κ3) is 5.11. The monoisotopic (exact) mass is 866 g/mol. The van der Waals surface area contributed by atoms with Crippen LogP contribution in [-0.2, 0) is 11.1 Å². The van der Waals surface area contributed by atoms with Crippen LogP contribution in [0, 0.1) is 13.8 Å². The first-order valence-corrected chi connectivity index (χ1v) is 29.2. The van der Waals surface area contributed by atoms with Crippen LogP contribution in [0.25, 0.3) is 70.8 Å².